The Kier molecular flexibility index (Phi) is 6.81. The van der Waals surface area contributed by atoms with Gasteiger partial charge in [-0.2, -0.15) is 5.10 Å². The number of nitrogens with one attached hydrogen (secondary N) is 1. The lowest BCUT2D eigenvalue weighted by Gasteiger charge is -2.31. The molecule has 0 aromatic carbocycles. The number of methoxy groups -OCH3 is 1. The van der Waals surface area contributed by atoms with E-state index in [0.29, 0.717) is 24.0 Å². The number of aromatic amines is 1. The number of hydrogen-bond donors (Lipinski definition) is 1. The van der Waals surface area contributed by atoms with Crippen LogP contribution in [0.25, 0.3) is 11.4 Å². The van der Waals surface area contributed by atoms with Crippen LogP contribution in [0.15, 0.2) is 48.8 Å². The summed E-state index contributed by atoms with van der Waals surface area (Å²) in [6, 6.07) is 12.3. The van der Waals surface area contributed by atoms with Gasteiger partial charge < -0.3 is 4.74 Å². The molecule has 0 bridgehead atoms. The molecule has 1 aliphatic heterocycles. The van der Waals surface area contributed by atoms with Crippen molar-refractivity contribution in [1.29, 1.82) is 0 Å². The van der Waals surface area contributed by atoms with E-state index in [0.717, 1.165) is 66.5 Å². The number of rotatable bonds is 7. The van der Waals surface area contributed by atoms with Crippen molar-refractivity contribution in [1.82, 2.24) is 35.0 Å². The summed E-state index contributed by atoms with van der Waals surface area (Å²) in [7, 11) is 1.64. The van der Waals surface area contributed by atoms with Gasteiger partial charge in [-0.1, -0.05) is 6.07 Å². The summed E-state index contributed by atoms with van der Waals surface area (Å²) >= 11 is 0. The highest BCUT2D eigenvalue weighted by Crippen LogP contribution is 2.28. The minimum absolute atomic E-state index is 0.478. The second-order valence-electron chi connectivity index (χ2n) is 9.27. The van der Waals surface area contributed by atoms with Crippen molar-refractivity contribution in [3.05, 3.63) is 82.8 Å². The van der Waals surface area contributed by atoms with E-state index in [1.807, 2.05) is 44.4 Å². The van der Waals surface area contributed by atoms with E-state index >= 15 is 0 Å². The van der Waals surface area contributed by atoms with Crippen molar-refractivity contribution >= 4 is 0 Å². The first kappa shape index (κ1) is 23.1. The number of piperidine rings is 1. The molecular weight excluding hydrogens is 438 g/mol. The van der Waals surface area contributed by atoms with Crippen LogP contribution in [-0.2, 0) is 13.0 Å². The van der Waals surface area contributed by atoms with Gasteiger partial charge in [0.1, 0.15) is 0 Å². The molecule has 1 aliphatic rings. The zero-order chi connectivity index (χ0) is 24.2. The van der Waals surface area contributed by atoms with E-state index in [-0.39, 0.29) is 0 Å². The molecule has 8 nitrogen and oxygen atoms in total. The third-order valence-electron chi connectivity index (χ3n) is 6.49. The first-order chi connectivity index (χ1) is 17.1. The van der Waals surface area contributed by atoms with Gasteiger partial charge in [0, 0.05) is 60.0 Å². The zero-order valence-corrected chi connectivity index (χ0v) is 20.5. The van der Waals surface area contributed by atoms with Crippen LogP contribution in [-0.4, -0.2) is 55.2 Å². The third-order valence-corrected chi connectivity index (χ3v) is 6.49. The van der Waals surface area contributed by atoms with Crippen LogP contribution >= 0.6 is 0 Å². The van der Waals surface area contributed by atoms with Crippen LogP contribution in [0, 0.1) is 13.8 Å². The molecule has 0 radical (unpaired) electrons. The summed E-state index contributed by atoms with van der Waals surface area (Å²) in [6.07, 6.45) is 6.70. The maximum Gasteiger partial charge on any atom is 0.212 e. The van der Waals surface area contributed by atoms with Gasteiger partial charge >= 0.3 is 0 Å². The molecule has 1 fully saturated rings. The zero-order valence-electron chi connectivity index (χ0n) is 20.5. The molecule has 0 unspecified atom stereocenters. The molecule has 0 amide bonds. The number of pyridine rings is 2. The lowest BCUT2D eigenvalue weighted by molar-refractivity contribution is 0.203. The van der Waals surface area contributed by atoms with Gasteiger partial charge in [0.05, 0.1) is 18.5 Å². The minimum Gasteiger partial charge on any atom is -0.481 e. The van der Waals surface area contributed by atoms with Crippen molar-refractivity contribution in [3.8, 4) is 17.3 Å². The summed E-state index contributed by atoms with van der Waals surface area (Å²) in [6.45, 7) is 7.03. The molecule has 0 atom stereocenters. The second kappa shape index (κ2) is 10.3. The molecular formula is C27H31N7O. The summed E-state index contributed by atoms with van der Waals surface area (Å²) in [5.74, 6) is 1.85. The molecule has 5 heterocycles. The molecule has 1 N–H and O–H groups in total. The van der Waals surface area contributed by atoms with E-state index < -0.39 is 0 Å². The molecule has 0 spiro atoms. The molecule has 0 aliphatic carbocycles. The van der Waals surface area contributed by atoms with Gasteiger partial charge in [-0.15, -0.1) is 0 Å². The van der Waals surface area contributed by atoms with E-state index in [9.17, 15) is 0 Å². The van der Waals surface area contributed by atoms with E-state index in [1.165, 1.54) is 5.56 Å². The number of aryl methyl sites for hydroxylation is 2. The Balaban J connectivity index is 1.21. The Labute approximate surface area is 205 Å². The maximum absolute atomic E-state index is 5.15. The average Bonchev–Trinajstić information content (AvgIpc) is 3.29. The molecule has 1 saturated heterocycles. The van der Waals surface area contributed by atoms with Crippen LogP contribution < -0.4 is 4.74 Å². The Morgan fingerprint density at radius 2 is 1.83 bits per heavy atom. The smallest absolute Gasteiger partial charge is 0.212 e. The lowest BCUT2D eigenvalue weighted by atomic mass is 9.92. The van der Waals surface area contributed by atoms with Gasteiger partial charge in [0.2, 0.25) is 5.88 Å². The van der Waals surface area contributed by atoms with Crippen molar-refractivity contribution in [2.45, 2.75) is 45.6 Å². The van der Waals surface area contributed by atoms with Crippen molar-refractivity contribution in [3.63, 3.8) is 0 Å². The van der Waals surface area contributed by atoms with Crippen molar-refractivity contribution < 1.29 is 4.74 Å². The normalized spacial score (nSPS) is 14.8. The molecule has 5 rings (SSSR count). The highest BCUT2D eigenvalue weighted by molar-refractivity contribution is 5.54. The minimum atomic E-state index is 0.478. The number of likely N-dealkylation sites (tertiary alicyclic amines) is 1. The molecule has 35 heavy (non-hydrogen) atoms. The predicted molar refractivity (Wildman–Crippen MR) is 134 cm³/mol. The quantitative estimate of drug-likeness (QED) is 0.432. The monoisotopic (exact) mass is 469 g/mol. The van der Waals surface area contributed by atoms with E-state index in [4.69, 9.17) is 14.7 Å². The van der Waals surface area contributed by atoms with Crippen LogP contribution in [0.4, 0.5) is 0 Å². The van der Waals surface area contributed by atoms with Gasteiger partial charge in [0.25, 0.3) is 0 Å². The SMILES string of the molecule is COc1ccc(CN2CCC(c3ccc(-c4nc(C)cc(Cc5cc(C)[nH]n5)n4)cn3)CC2)cn1. The number of nitrogens with zero attached hydrogens (tertiary/aromatic N) is 6. The first-order valence-electron chi connectivity index (χ1n) is 12.1. The van der Waals surface area contributed by atoms with E-state index in [2.05, 4.69) is 43.3 Å². The predicted octanol–water partition coefficient (Wildman–Crippen LogP) is 4.25. The van der Waals surface area contributed by atoms with Crippen LogP contribution in [0.5, 0.6) is 5.88 Å². The largest absolute Gasteiger partial charge is 0.481 e. The summed E-state index contributed by atoms with van der Waals surface area (Å²) in [5, 5.41) is 7.32. The van der Waals surface area contributed by atoms with Crippen molar-refractivity contribution in [2.75, 3.05) is 20.2 Å². The summed E-state index contributed by atoms with van der Waals surface area (Å²) in [4.78, 5) is 21.1. The highest BCUT2D eigenvalue weighted by Gasteiger charge is 2.22. The Morgan fingerprint density at radius 3 is 2.49 bits per heavy atom. The molecule has 4 aromatic heterocycles. The Bertz CT molecular complexity index is 1260. The Morgan fingerprint density at radius 1 is 0.971 bits per heavy atom. The molecule has 4 aromatic rings. The maximum atomic E-state index is 5.15. The number of ether oxygens (including phenoxy) is 1. The van der Waals surface area contributed by atoms with Crippen molar-refractivity contribution in [2.24, 2.45) is 0 Å². The highest BCUT2D eigenvalue weighted by atomic mass is 16.5. The van der Waals surface area contributed by atoms with Crippen LogP contribution in [0.3, 0.4) is 0 Å². The van der Waals surface area contributed by atoms with Gasteiger partial charge in [-0.25, -0.2) is 15.0 Å². The Hall–Kier alpha value is -3.65. The fourth-order valence-electron chi connectivity index (χ4n) is 4.65. The van der Waals surface area contributed by atoms with Gasteiger partial charge in [-0.3, -0.25) is 15.0 Å². The summed E-state index contributed by atoms with van der Waals surface area (Å²) < 4.78 is 5.15. The van der Waals surface area contributed by atoms with Gasteiger partial charge in [0.15, 0.2) is 5.82 Å². The molecule has 0 saturated carbocycles. The van der Waals surface area contributed by atoms with Crippen LogP contribution in [0.1, 0.15) is 52.8 Å². The number of H-pyrrole nitrogens is 1. The average molecular weight is 470 g/mol. The topological polar surface area (TPSA) is 92.7 Å². The van der Waals surface area contributed by atoms with E-state index in [1.54, 1.807) is 7.11 Å². The first-order valence-corrected chi connectivity index (χ1v) is 12.1. The number of hydrogen-bond acceptors (Lipinski definition) is 7. The standard InChI is InChI=1S/C27H31N7O/c1-18-12-23(14-24-13-19(2)32-33-24)31-27(30-18)22-5-6-25(28-16-22)21-8-10-34(11-9-21)17-20-4-7-26(35-3)29-15-20/h4-7,12-13,15-16,21H,8-11,14,17H2,1-3H3,(H,32,33). The fourth-order valence-corrected chi connectivity index (χ4v) is 4.65. The van der Waals surface area contributed by atoms with Gasteiger partial charge in [-0.05, 0) is 69.6 Å². The second-order valence-corrected chi connectivity index (χ2v) is 9.27. The fraction of sp³-hybridized carbons (Fsp3) is 0.370. The summed E-state index contributed by atoms with van der Waals surface area (Å²) in [5.41, 5.74) is 7.25. The number of aromatic nitrogens is 6. The van der Waals surface area contributed by atoms with Crippen LogP contribution in [0.2, 0.25) is 0 Å². The lowest BCUT2D eigenvalue weighted by Crippen LogP contribution is -2.32. The molecule has 180 valence electrons. The molecule has 8 heteroatoms. The third kappa shape index (κ3) is 5.71.